The minimum Gasteiger partial charge on any atom is -0.497 e. The van der Waals surface area contributed by atoms with Crippen molar-refractivity contribution in [2.24, 2.45) is 4.99 Å². The Morgan fingerprint density at radius 2 is 1.88 bits per heavy atom. The van der Waals surface area contributed by atoms with E-state index in [0.717, 1.165) is 11.3 Å². The highest BCUT2D eigenvalue weighted by molar-refractivity contribution is 6.30. The lowest BCUT2D eigenvalue weighted by atomic mass is 10.0. The van der Waals surface area contributed by atoms with E-state index in [1.54, 1.807) is 31.4 Å². The molecule has 0 saturated carbocycles. The van der Waals surface area contributed by atoms with Gasteiger partial charge < -0.3 is 4.74 Å². The molecule has 0 bridgehead atoms. The van der Waals surface area contributed by atoms with Crippen molar-refractivity contribution in [2.45, 2.75) is 12.5 Å². The Bertz CT molecular complexity index is 816. The molecule has 2 N–H and O–H groups in total. The number of hydrogen-bond donors (Lipinski definition) is 2. The number of ether oxygens (including phenoxy) is 1. The van der Waals surface area contributed by atoms with Crippen LogP contribution in [0.3, 0.4) is 0 Å². The average Bonchev–Trinajstić information content (AvgIpc) is 2.62. The Hall–Kier alpha value is -2.86. The van der Waals surface area contributed by atoms with Crippen molar-refractivity contribution in [3.8, 4) is 5.75 Å². The first-order valence-electron chi connectivity index (χ1n) is 7.63. The number of nitrogens with one attached hydrogen (secondary N) is 2. The standard InChI is InChI=1S/C18H16ClN3O3/c1-25-14-8-4-11(5-9-14)15-10-16(23)21-18(20-15)22-17(24)12-2-6-13(19)7-3-12/h2-9,15H,10H2,1H3,(H2,20,21,22,23,24)/t15-/m1/s1. The van der Waals surface area contributed by atoms with Crippen molar-refractivity contribution in [3.63, 3.8) is 0 Å². The summed E-state index contributed by atoms with van der Waals surface area (Å²) in [6.45, 7) is 0. The van der Waals surface area contributed by atoms with Gasteiger partial charge in [0.1, 0.15) is 5.75 Å². The molecule has 2 aromatic rings. The molecule has 0 spiro atoms. The maximum absolute atomic E-state index is 12.3. The number of hydrogen-bond acceptors (Lipinski definition) is 4. The highest BCUT2D eigenvalue weighted by Crippen LogP contribution is 2.25. The van der Waals surface area contributed by atoms with Crippen LogP contribution in [0.25, 0.3) is 0 Å². The van der Waals surface area contributed by atoms with Crippen LogP contribution in [0.5, 0.6) is 5.75 Å². The lowest BCUT2D eigenvalue weighted by Crippen LogP contribution is -2.47. The van der Waals surface area contributed by atoms with E-state index in [4.69, 9.17) is 16.3 Å². The van der Waals surface area contributed by atoms with E-state index in [1.807, 2.05) is 24.3 Å². The van der Waals surface area contributed by atoms with Crippen molar-refractivity contribution in [2.75, 3.05) is 7.11 Å². The predicted molar refractivity (Wildman–Crippen MR) is 94.8 cm³/mol. The molecule has 1 atom stereocenters. The molecule has 2 aromatic carbocycles. The number of carbonyl (C=O) groups excluding carboxylic acids is 2. The van der Waals surface area contributed by atoms with E-state index in [0.29, 0.717) is 10.6 Å². The topological polar surface area (TPSA) is 79.8 Å². The molecule has 2 amide bonds. The highest BCUT2D eigenvalue weighted by Gasteiger charge is 2.23. The summed E-state index contributed by atoms with van der Waals surface area (Å²) in [5.74, 6) is 0.287. The molecular formula is C18H16ClN3O3. The van der Waals surface area contributed by atoms with Gasteiger partial charge in [0.25, 0.3) is 5.91 Å². The van der Waals surface area contributed by atoms with Crippen LogP contribution in [0.15, 0.2) is 53.5 Å². The monoisotopic (exact) mass is 357 g/mol. The quantitative estimate of drug-likeness (QED) is 0.886. The lowest BCUT2D eigenvalue weighted by Gasteiger charge is -2.21. The molecule has 6 nitrogen and oxygen atoms in total. The van der Waals surface area contributed by atoms with Crippen LogP contribution in [-0.4, -0.2) is 24.9 Å². The number of guanidine groups is 1. The molecule has 1 heterocycles. The molecule has 0 unspecified atom stereocenters. The van der Waals surface area contributed by atoms with E-state index < -0.39 is 0 Å². The highest BCUT2D eigenvalue weighted by atomic mass is 35.5. The van der Waals surface area contributed by atoms with E-state index in [2.05, 4.69) is 15.6 Å². The second-order valence-corrected chi connectivity index (χ2v) is 5.92. The van der Waals surface area contributed by atoms with Gasteiger partial charge in [0.2, 0.25) is 11.9 Å². The van der Waals surface area contributed by atoms with Crippen LogP contribution >= 0.6 is 11.6 Å². The smallest absolute Gasteiger partial charge is 0.257 e. The maximum Gasteiger partial charge on any atom is 0.257 e. The average molecular weight is 358 g/mol. The van der Waals surface area contributed by atoms with Crippen molar-refractivity contribution >= 4 is 29.4 Å². The second kappa shape index (κ2) is 7.36. The van der Waals surface area contributed by atoms with Crippen molar-refractivity contribution in [3.05, 3.63) is 64.7 Å². The minimum absolute atomic E-state index is 0.136. The Kier molecular flexibility index (Phi) is 5.00. The minimum atomic E-state index is -0.369. The van der Waals surface area contributed by atoms with Crippen molar-refractivity contribution < 1.29 is 14.3 Å². The molecule has 128 valence electrons. The van der Waals surface area contributed by atoms with E-state index in [9.17, 15) is 9.59 Å². The van der Waals surface area contributed by atoms with E-state index in [1.165, 1.54) is 0 Å². The predicted octanol–water partition coefficient (Wildman–Crippen LogP) is 2.70. The molecule has 1 aliphatic heterocycles. The van der Waals surface area contributed by atoms with Crippen LogP contribution in [0, 0.1) is 0 Å². The molecule has 0 saturated heterocycles. The summed E-state index contributed by atoms with van der Waals surface area (Å²) in [4.78, 5) is 28.6. The molecule has 0 radical (unpaired) electrons. The second-order valence-electron chi connectivity index (χ2n) is 5.48. The fourth-order valence-corrected chi connectivity index (χ4v) is 2.58. The van der Waals surface area contributed by atoms with Gasteiger partial charge in [-0.15, -0.1) is 0 Å². The molecule has 0 fully saturated rings. The molecule has 0 aromatic heterocycles. The maximum atomic E-state index is 12.3. The molecule has 0 aliphatic carbocycles. The summed E-state index contributed by atoms with van der Waals surface area (Å²) < 4.78 is 5.13. The number of carbonyl (C=O) groups is 2. The van der Waals surface area contributed by atoms with Crippen molar-refractivity contribution in [1.82, 2.24) is 10.6 Å². The number of halogens is 1. The first kappa shape index (κ1) is 17.0. The van der Waals surface area contributed by atoms with Gasteiger partial charge in [0, 0.05) is 10.6 Å². The number of amides is 2. The van der Waals surface area contributed by atoms with Gasteiger partial charge in [-0.2, -0.15) is 0 Å². The molecule has 1 aliphatic rings. The van der Waals surface area contributed by atoms with Gasteiger partial charge in [-0.05, 0) is 42.0 Å². The van der Waals surface area contributed by atoms with Crippen LogP contribution < -0.4 is 15.4 Å². The Balaban J connectivity index is 1.77. The normalized spacial score (nSPS) is 16.6. The molecule has 7 heteroatoms. The van der Waals surface area contributed by atoms with Gasteiger partial charge in [-0.3, -0.25) is 20.2 Å². The summed E-state index contributed by atoms with van der Waals surface area (Å²) in [5.41, 5.74) is 1.29. The molecule has 25 heavy (non-hydrogen) atoms. The summed E-state index contributed by atoms with van der Waals surface area (Å²) >= 11 is 5.81. The SMILES string of the molecule is COc1ccc([C@H]2CC(=O)NC(NC(=O)c3ccc(Cl)cc3)=N2)cc1. The van der Waals surface area contributed by atoms with Crippen LogP contribution in [0.4, 0.5) is 0 Å². The van der Waals surface area contributed by atoms with Gasteiger partial charge in [0.15, 0.2) is 0 Å². The number of benzene rings is 2. The van der Waals surface area contributed by atoms with E-state index >= 15 is 0 Å². The number of rotatable bonds is 3. The van der Waals surface area contributed by atoms with Gasteiger partial charge >= 0.3 is 0 Å². The number of nitrogens with zero attached hydrogens (tertiary/aromatic N) is 1. The Morgan fingerprint density at radius 3 is 2.52 bits per heavy atom. The fourth-order valence-electron chi connectivity index (χ4n) is 2.46. The number of methoxy groups -OCH3 is 1. The van der Waals surface area contributed by atoms with Crippen LogP contribution in [0.1, 0.15) is 28.4 Å². The third-order valence-electron chi connectivity index (χ3n) is 3.76. The zero-order valence-electron chi connectivity index (χ0n) is 13.5. The van der Waals surface area contributed by atoms with Crippen LogP contribution in [0.2, 0.25) is 5.02 Å². The summed E-state index contributed by atoms with van der Waals surface area (Å²) in [6.07, 6.45) is 0.215. The lowest BCUT2D eigenvalue weighted by molar-refractivity contribution is -0.120. The largest absolute Gasteiger partial charge is 0.497 e. The molecular weight excluding hydrogens is 342 g/mol. The Morgan fingerprint density at radius 1 is 1.20 bits per heavy atom. The zero-order chi connectivity index (χ0) is 17.8. The fraction of sp³-hybridized carbons (Fsp3) is 0.167. The Labute approximate surface area is 149 Å². The van der Waals surface area contributed by atoms with Gasteiger partial charge in [-0.1, -0.05) is 23.7 Å². The zero-order valence-corrected chi connectivity index (χ0v) is 14.2. The first-order chi connectivity index (χ1) is 12.0. The summed E-state index contributed by atoms with van der Waals surface area (Å²) in [7, 11) is 1.59. The van der Waals surface area contributed by atoms with Gasteiger partial charge in [0.05, 0.1) is 19.6 Å². The first-order valence-corrected chi connectivity index (χ1v) is 8.01. The van der Waals surface area contributed by atoms with Gasteiger partial charge in [-0.25, -0.2) is 4.99 Å². The van der Waals surface area contributed by atoms with E-state index in [-0.39, 0.29) is 30.2 Å². The number of aliphatic imine (C=N–C) groups is 1. The van der Waals surface area contributed by atoms with Crippen molar-refractivity contribution in [1.29, 1.82) is 0 Å². The van der Waals surface area contributed by atoms with Crippen LogP contribution in [-0.2, 0) is 4.79 Å². The third-order valence-corrected chi connectivity index (χ3v) is 4.01. The summed E-state index contributed by atoms with van der Waals surface area (Å²) in [6, 6.07) is 13.4. The third kappa shape index (κ3) is 4.16. The summed E-state index contributed by atoms with van der Waals surface area (Å²) in [5, 5.41) is 5.74. The molecule has 3 rings (SSSR count).